The molecule has 2 aromatic heterocycles. The lowest BCUT2D eigenvalue weighted by atomic mass is 10.2. The van der Waals surface area contributed by atoms with Gasteiger partial charge in [-0.3, -0.25) is 9.78 Å². The maximum atomic E-state index is 11.5. The van der Waals surface area contributed by atoms with Gasteiger partial charge in [0.05, 0.1) is 18.4 Å². The third-order valence-electron chi connectivity index (χ3n) is 1.93. The SMILES string of the molecule is O=C(NCc1ccco1)c1cccnc1. The van der Waals surface area contributed by atoms with E-state index in [0.29, 0.717) is 12.1 Å². The summed E-state index contributed by atoms with van der Waals surface area (Å²) in [5.41, 5.74) is 0.545. The summed E-state index contributed by atoms with van der Waals surface area (Å²) in [4.78, 5) is 15.4. The van der Waals surface area contributed by atoms with E-state index in [9.17, 15) is 4.79 Å². The molecule has 0 aliphatic carbocycles. The molecular weight excluding hydrogens is 192 g/mol. The molecule has 0 aliphatic heterocycles. The van der Waals surface area contributed by atoms with E-state index < -0.39 is 0 Å². The van der Waals surface area contributed by atoms with Gasteiger partial charge in [0.2, 0.25) is 0 Å². The molecule has 1 N–H and O–H groups in total. The molecule has 2 heterocycles. The molecule has 0 fully saturated rings. The van der Waals surface area contributed by atoms with Crippen LogP contribution in [0.3, 0.4) is 0 Å². The topological polar surface area (TPSA) is 55.1 Å². The Bertz CT molecular complexity index is 423. The Balaban J connectivity index is 1.94. The van der Waals surface area contributed by atoms with E-state index in [1.165, 1.54) is 6.20 Å². The third-order valence-corrected chi connectivity index (χ3v) is 1.93. The van der Waals surface area contributed by atoms with Crippen molar-refractivity contribution in [3.63, 3.8) is 0 Å². The van der Waals surface area contributed by atoms with Crippen LogP contribution >= 0.6 is 0 Å². The van der Waals surface area contributed by atoms with Crippen molar-refractivity contribution in [1.82, 2.24) is 10.3 Å². The normalized spacial score (nSPS) is 9.87. The second kappa shape index (κ2) is 4.41. The molecule has 15 heavy (non-hydrogen) atoms. The molecule has 0 unspecified atom stereocenters. The number of hydrogen-bond donors (Lipinski definition) is 1. The van der Waals surface area contributed by atoms with Gasteiger partial charge in [-0.25, -0.2) is 0 Å². The Hall–Kier alpha value is -2.10. The number of rotatable bonds is 3. The molecule has 0 saturated carbocycles. The Labute approximate surface area is 86.9 Å². The zero-order valence-corrected chi connectivity index (χ0v) is 8.01. The molecule has 0 spiro atoms. The van der Waals surface area contributed by atoms with Gasteiger partial charge in [-0.05, 0) is 24.3 Å². The summed E-state index contributed by atoms with van der Waals surface area (Å²) in [5, 5.41) is 2.73. The highest BCUT2D eigenvalue weighted by Gasteiger charge is 2.04. The molecule has 0 radical (unpaired) electrons. The van der Waals surface area contributed by atoms with Crippen molar-refractivity contribution in [2.24, 2.45) is 0 Å². The summed E-state index contributed by atoms with van der Waals surface area (Å²) >= 11 is 0. The Morgan fingerprint density at radius 3 is 3.00 bits per heavy atom. The van der Waals surface area contributed by atoms with E-state index in [4.69, 9.17) is 4.42 Å². The van der Waals surface area contributed by atoms with Crippen LogP contribution in [0.15, 0.2) is 47.3 Å². The maximum absolute atomic E-state index is 11.5. The minimum Gasteiger partial charge on any atom is -0.467 e. The molecule has 2 aromatic rings. The monoisotopic (exact) mass is 202 g/mol. The molecule has 1 amide bonds. The van der Waals surface area contributed by atoms with Crippen molar-refractivity contribution in [2.45, 2.75) is 6.54 Å². The summed E-state index contributed by atoms with van der Waals surface area (Å²) in [6.45, 7) is 0.390. The zero-order chi connectivity index (χ0) is 10.5. The lowest BCUT2D eigenvalue weighted by molar-refractivity contribution is 0.0947. The summed E-state index contributed by atoms with van der Waals surface area (Å²) in [6.07, 6.45) is 4.73. The molecule has 0 atom stereocenters. The van der Waals surface area contributed by atoms with Crippen LogP contribution in [-0.2, 0) is 6.54 Å². The molecule has 0 aromatic carbocycles. The molecule has 0 aliphatic rings. The molecule has 76 valence electrons. The fourth-order valence-electron chi connectivity index (χ4n) is 1.18. The predicted molar refractivity (Wildman–Crippen MR) is 54.1 cm³/mol. The number of carbonyl (C=O) groups excluding carboxylic acids is 1. The van der Waals surface area contributed by atoms with Gasteiger partial charge in [0.15, 0.2) is 0 Å². The quantitative estimate of drug-likeness (QED) is 0.822. The summed E-state index contributed by atoms with van der Waals surface area (Å²) in [7, 11) is 0. The number of furan rings is 1. The zero-order valence-electron chi connectivity index (χ0n) is 8.01. The van der Waals surface area contributed by atoms with Crippen LogP contribution < -0.4 is 5.32 Å². The highest BCUT2D eigenvalue weighted by molar-refractivity contribution is 5.93. The summed E-state index contributed by atoms with van der Waals surface area (Å²) in [5.74, 6) is 0.576. The van der Waals surface area contributed by atoms with Gasteiger partial charge in [-0.15, -0.1) is 0 Å². The first-order chi connectivity index (χ1) is 7.36. The lowest BCUT2D eigenvalue weighted by Gasteiger charge is -2.01. The number of amides is 1. The first kappa shape index (κ1) is 9.45. The van der Waals surface area contributed by atoms with Gasteiger partial charge in [-0.1, -0.05) is 0 Å². The Kier molecular flexibility index (Phi) is 2.78. The number of pyridine rings is 1. The summed E-state index contributed by atoms with van der Waals surface area (Å²) < 4.78 is 5.09. The van der Waals surface area contributed by atoms with Crippen LogP contribution in [0.1, 0.15) is 16.1 Å². The van der Waals surface area contributed by atoms with Crippen LogP contribution in [0.4, 0.5) is 0 Å². The van der Waals surface area contributed by atoms with Gasteiger partial charge in [0.1, 0.15) is 5.76 Å². The average molecular weight is 202 g/mol. The molecule has 0 bridgehead atoms. The van der Waals surface area contributed by atoms with Crippen molar-refractivity contribution in [3.05, 3.63) is 54.2 Å². The van der Waals surface area contributed by atoms with Crippen LogP contribution in [0.25, 0.3) is 0 Å². The van der Waals surface area contributed by atoms with Crippen LogP contribution in [0, 0.1) is 0 Å². The number of aromatic nitrogens is 1. The molecule has 0 saturated heterocycles. The minimum atomic E-state index is -0.153. The minimum absolute atomic E-state index is 0.153. The molecule has 2 rings (SSSR count). The highest BCUT2D eigenvalue weighted by Crippen LogP contribution is 2.00. The van der Waals surface area contributed by atoms with Gasteiger partial charge in [-0.2, -0.15) is 0 Å². The Morgan fingerprint density at radius 2 is 2.33 bits per heavy atom. The van der Waals surface area contributed by atoms with Crippen molar-refractivity contribution in [2.75, 3.05) is 0 Å². The number of nitrogens with zero attached hydrogens (tertiary/aromatic N) is 1. The van der Waals surface area contributed by atoms with Crippen molar-refractivity contribution in [1.29, 1.82) is 0 Å². The maximum Gasteiger partial charge on any atom is 0.253 e. The van der Waals surface area contributed by atoms with Crippen LogP contribution in [0.2, 0.25) is 0 Å². The first-order valence-electron chi connectivity index (χ1n) is 4.57. The van der Waals surface area contributed by atoms with Crippen molar-refractivity contribution >= 4 is 5.91 Å². The van der Waals surface area contributed by atoms with Gasteiger partial charge < -0.3 is 9.73 Å². The fourth-order valence-corrected chi connectivity index (χ4v) is 1.18. The number of hydrogen-bond acceptors (Lipinski definition) is 3. The van der Waals surface area contributed by atoms with Gasteiger partial charge >= 0.3 is 0 Å². The van der Waals surface area contributed by atoms with E-state index in [2.05, 4.69) is 10.3 Å². The van der Waals surface area contributed by atoms with E-state index in [1.54, 1.807) is 30.7 Å². The predicted octanol–water partition coefficient (Wildman–Crippen LogP) is 1.60. The molecule has 4 nitrogen and oxygen atoms in total. The van der Waals surface area contributed by atoms with E-state index >= 15 is 0 Å². The second-order valence-corrected chi connectivity index (χ2v) is 3.00. The van der Waals surface area contributed by atoms with E-state index in [-0.39, 0.29) is 5.91 Å². The van der Waals surface area contributed by atoms with E-state index in [1.807, 2.05) is 6.07 Å². The Morgan fingerprint density at radius 1 is 1.40 bits per heavy atom. The van der Waals surface area contributed by atoms with Crippen molar-refractivity contribution in [3.8, 4) is 0 Å². The fraction of sp³-hybridized carbons (Fsp3) is 0.0909. The summed E-state index contributed by atoms with van der Waals surface area (Å²) in [6, 6.07) is 7.03. The average Bonchev–Trinajstić information content (AvgIpc) is 2.80. The highest BCUT2D eigenvalue weighted by atomic mass is 16.3. The van der Waals surface area contributed by atoms with Crippen LogP contribution in [0.5, 0.6) is 0 Å². The van der Waals surface area contributed by atoms with Gasteiger partial charge in [0.25, 0.3) is 5.91 Å². The first-order valence-corrected chi connectivity index (χ1v) is 4.57. The second-order valence-electron chi connectivity index (χ2n) is 3.00. The van der Waals surface area contributed by atoms with E-state index in [0.717, 1.165) is 5.76 Å². The molecule has 4 heteroatoms. The lowest BCUT2D eigenvalue weighted by Crippen LogP contribution is -2.22. The smallest absolute Gasteiger partial charge is 0.253 e. The van der Waals surface area contributed by atoms with Gasteiger partial charge in [0, 0.05) is 12.4 Å². The largest absolute Gasteiger partial charge is 0.467 e. The number of carbonyl (C=O) groups is 1. The third kappa shape index (κ3) is 2.43. The standard InChI is InChI=1S/C11H10N2O2/c14-11(9-3-1-5-12-7-9)13-8-10-4-2-6-15-10/h1-7H,8H2,(H,13,14). The van der Waals surface area contributed by atoms with Crippen LogP contribution in [-0.4, -0.2) is 10.9 Å². The molecular formula is C11H10N2O2. The van der Waals surface area contributed by atoms with Crippen molar-refractivity contribution < 1.29 is 9.21 Å². The number of nitrogens with one attached hydrogen (secondary N) is 1.